The third-order valence-corrected chi connectivity index (χ3v) is 12.4. The maximum atomic E-state index is 12.4. The van der Waals surface area contributed by atoms with Gasteiger partial charge in [0.05, 0.1) is 69.6 Å². The van der Waals surface area contributed by atoms with Crippen LogP contribution >= 0.6 is 22.6 Å². The van der Waals surface area contributed by atoms with Gasteiger partial charge in [0.1, 0.15) is 36.7 Å². The van der Waals surface area contributed by atoms with Crippen LogP contribution in [0.2, 0.25) is 0 Å². The van der Waals surface area contributed by atoms with E-state index in [9.17, 15) is 19.8 Å². The Morgan fingerprint density at radius 3 is 1.92 bits per heavy atom. The molecule has 0 spiro atoms. The van der Waals surface area contributed by atoms with Gasteiger partial charge in [-0.15, -0.1) is 0 Å². The summed E-state index contributed by atoms with van der Waals surface area (Å²) in [5.74, 6) is 1.68. The van der Waals surface area contributed by atoms with Gasteiger partial charge in [0.2, 0.25) is 0 Å². The monoisotopic (exact) mass is 834 g/mol. The number of rotatable bonds is 7. The van der Waals surface area contributed by atoms with Crippen molar-refractivity contribution in [3.05, 3.63) is 97.6 Å². The van der Waals surface area contributed by atoms with Crippen LogP contribution in [0.5, 0.6) is 40.2 Å². The highest BCUT2D eigenvalue weighted by Gasteiger charge is 2.44. The van der Waals surface area contributed by atoms with Crippen molar-refractivity contribution in [1.29, 1.82) is 0 Å². The summed E-state index contributed by atoms with van der Waals surface area (Å²) in [5, 5.41) is 24.6. The summed E-state index contributed by atoms with van der Waals surface area (Å²) >= 11 is 2.24. The smallest absolute Gasteiger partial charge is 0.169 e. The Balaban J connectivity index is 1.50. The lowest BCUT2D eigenvalue weighted by Crippen LogP contribution is -2.57. The molecule has 4 heterocycles. The van der Waals surface area contributed by atoms with Crippen molar-refractivity contribution in [1.82, 2.24) is 0 Å². The molecule has 0 fully saturated rings. The Morgan fingerprint density at radius 2 is 1.28 bits per heavy atom. The third-order valence-electron chi connectivity index (χ3n) is 11.4. The third kappa shape index (κ3) is 6.99. The molecule has 0 saturated heterocycles. The summed E-state index contributed by atoms with van der Waals surface area (Å²) in [6.07, 6.45) is 2.24. The average molecular weight is 835 g/mol. The molecule has 4 aliphatic rings. The van der Waals surface area contributed by atoms with Gasteiger partial charge in [-0.05, 0) is 87.3 Å². The number of benzene rings is 4. The van der Waals surface area contributed by atoms with E-state index in [0.717, 1.165) is 37.0 Å². The summed E-state index contributed by atoms with van der Waals surface area (Å²) in [6.45, 7) is 0.808. The number of carboxylic acid groups (broad SMARTS) is 2. The topological polar surface area (TPSA) is 126 Å². The highest BCUT2D eigenvalue weighted by molar-refractivity contribution is 14.1. The number of aliphatic carboxylic acids is 2. The van der Waals surface area contributed by atoms with Gasteiger partial charge < -0.3 is 52.5 Å². The van der Waals surface area contributed by atoms with Crippen LogP contribution in [0, 0.1) is 3.57 Å². The van der Waals surface area contributed by atoms with Gasteiger partial charge in [0, 0.05) is 31.2 Å². The number of ether oxygens (including phenoxy) is 5. The number of nitrogens with zero attached hydrogens (tertiary/aromatic N) is 2. The molecule has 0 amide bonds. The first-order valence-corrected chi connectivity index (χ1v) is 18.7. The Morgan fingerprint density at radius 1 is 0.717 bits per heavy atom. The summed E-state index contributed by atoms with van der Waals surface area (Å²) < 4.78 is 32.2. The standard InChI is InChI=1S/C41H43IN2O9/c1-43(22-37(45)46)14-12-26-19-33(50-4)35-21-29(26)30(43)16-24-6-9-28(10-7-24)52-34-18-25(8-11-32(34)49-3)17-31-39-27(13-15-44(31,2)23-38(47)48)20-36(51-5)40(42)41(39)53-35/h6-11,18-21,30-31H,12-17,22-23H2,1-5H3. The minimum absolute atomic E-state index is 0.151. The van der Waals surface area contributed by atoms with Crippen molar-refractivity contribution >= 4 is 34.5 Å². The number of halogens is 1. The molecule has 4 aromatic carbocycles. The van der Waals surface area contributed by atoms with E-state index in [4.69, 9.17) is 23.7 Å². The van der Waals surface area contributed by atoms with Crippen molar-refractivity contribution in [2.75, 3.05) is 61.6 Å². The molecule has 0 N–H and O–H groups in total. The lowest BCUT2D eigenvalue weighted by atomic mass is 9.85. The summed E-state index contributed by atoms with van der Waals surface area (Å²) in [5.41, 5.74) is 5.86. The minimum Gasteiger partial charge on any atom is -0.544 e. The van der Waals surface area contributed by atoms with Gasteiger partial charge in [-0.2, -0.15) is 0 Å². The predicted octanol–water partition coefficient (Wildman–Crippen LogP) is 4.29. The average Bonchev–Trinajstić information content (AvgIpc) is 3.11. The molecule has 0 radical (unpaired) electrons. The van der Waals surface area contributed by atoms with Gasteiger partial charge in [-0.25, -0.2) is 0 Å². The molecule has 53 heavy (non-hydrogen) atoms. The fraction of sp³-hybridized carbons (Fsp3) is 0.366. The van der Waals surface area contributed by atoms with Crippen LogP contribution in [0.1, 0.15) is 45.5 Å². The van der Waals surface area contributed by atoms with Crippen molar-refractivity contribution in [3.63, 3.8) is 0 Å². The maximum absolute atomic E-state index is 12.4. The highest BCUT2D eigenvalue weighted by Crippen LogP contribution is 2.51. The van der Waals surface area contributed by atoms with Crippen LogP contribution < -0.4 is 33.9 Å². The van der Waals surface area contributed by atoms with Crippen LogP contribution in [0.4, 0.5) is 0 Å². The second-order valence-corrected chi connectivity index (χ2v) is 15.8. The quantitative estimate of drug-likeness (QED) is 0.198. The molecule has 11 nitrogen and oxygen atoms in total. The highest BCUT2D eigenvalue weighted by atomic mass is 127. The van der Waals surface area contributed by atoms with Gasteiger partial charge in [-0.3, -0.25) is 0 Å². The van der Waals surface area contributed by atoms with E-state index in [1.54, 1.807) is 21.3 Å². The van der Waals surface area contributed by atoms with E-state index in [1.807, 2.05) is 74.8 Å². The Labute approximate surface area is 322 Å². The van der Waals surface area contributed by atoms with E-state index in [0.29, 0.717) is 79.0 Å². The molecule has 0 saturated carbocycles. The molecule has 6 bridgehead atoms. The Kier molecular flexibility index (Phi) is 9.98. The Bertz CT molecular complexity index is 2090. The Hall–Kier alpha value is -4.53. The molecule has 12 heteroatoms. The minimum atomic E-state index is -1.14. The fourth-order valence-corrected chi connectivity index (χ4v) is 9.29. The molecule has 4 atom stereocenters. The van der Waals surface area contributed by atoms with Crippen LogP contribution in [-0.4, -0.2) is 82.5 Å². The molecular weight excluding hydrogens is 791 g/mol. The largest absolute Gasteiger partial charge is 0.544 e. The van der Waals surface area contributed by atoms with Crippen LogP contribution in [0.15, 0.2) is 60.7 Å². The predicted molar refractivity (Wildman–Crippen MR) is 200 cm³/mol. The molecule has 8 rings (SSSR count). The van der Waals surface area contributed by atoms with Gasteiger partial charge in [0.15, 0.2) is 28.7 Å². The van der Waals surface area contributed by atoms with E-state index in [1.165, 1.54) is 0 Å². The van der Waals surface area contributed by atoms with Crippen molar-refractivity contribution in [2.24, 2.45) is 0 Å². The number of quaternary nitrogens is 2. The number of fused-ring (bicyclic) bond motifs is 2. The normalized spacial score (nSPS) is 23.0. The van der Waals surface area contributed by atoms with Gasteiger partial charge in [0.25, 0.3) is 0 Å². The van der Waals surface area contributed by atoms with E-state index < -0.39 is 11.9 Å². The first-order chi connectivity index (χ1) is 25.3. The van der Waals surface area contributed by atoms with Crippen molar-refractivity contribution in [3.8, 4) is 40.2 Å². The summed E-state index contributed by atoms with van der Waals surface area (Å²) in [4.78, 5) is 24.6. The molecule has 0 aliphatic carbocycles. The van der Waals surface area contributed by atoms with Crippen molar-refractivity contribution in [2.45, 2.75) is 37.8 Å². The zero-order valence-electron chi connectivity index (χ0n) is 30.5. The number of hydrogen-bond donors (Lipinski definition) is 0. The number of carboxylic acids is 2. The maximum Gasteiger partial charge on any atom is 0.169 e. The molecular formula is C41H43IN2O9. The second-order valence-electron chi connectivity index (χ2n) is 14.7. The number of methoxy groups -OCH3 is 3. The first-order valence-electron chi connectivity index (χ1n) is 17.6. The van der Waals surface area contributed by atoms with E-state index in [2.05, 4.69) is 22.6 Å². The summed E-state index contributed by atoms with van der Waals surface area (Å²) in [6, 6.07) is 19.0. The number of likely N-dealkylation sites (N-methyl/N-ethyl adjacent to an activating group) is 2. The SMILES string of the molecule is COc1ccc2cc1Oc1ccc(cc1)CC1c3cc(c(OC)cc3CC[N+]1(C)CC(=O)[O-])Oc1c(I)c(OC)cc3c1C(C2)[N+](C)(CC(=O)[O-])CC3. The second kappa shape index (κ2) is 14.4. The molecule has 278 valence electrons. The first kappa shape index (κ1) is 36.8. The zero-order chi connectivity index (χ0) is 37.7. The molecule has 4 aliphatic heterocycles. The van der Waals surface area contributed by atoms with Gasteiger partial charge >= 0.3 is 0 Å². The zero-order valence-corrected chi connectivity index (χ0v) is 32.7. The lowest BCUT2D eigenvalue weighted by Gasteiger charge is -2.47. The molecule has 0 aromatic heterocycles. The summed E-state index contributed by atoms with van der Waals surface area (Å²) in [7, 11) is 8.76. The lowest BCUT2D eigenvalue weighted by molar-refractivity contribution is -0.936. The molecule has 4 aromatic rings. The fourth-order valence-electron chi connectivity index (χ4n) is 8.52. The number of carbonyl (C=O) groups excluding carboxylic acids is 2. The number of hydrogen-bond acceptors (Lipinski definition) is 9. The van der Waals surface area contributed by atoms with Crippen molar-refractivity contribution < 1.29 is 52.5 Å². The van der Waals surface area contributed by atoms with E-state index in [-0.39, 0.29) is 34.1 Å². The molecule has 4 unspecified atom stereocenters. The van der Waals surface area contributed by atoms with E-state index >= 15 is 0 Å². The number of carbonyl (C=O) groups is 2. The van der Waals surface area contributed by atoms with Crippen LogP contribution in [-0.2, 0) is 35.3 Å². The van der Waals surface area contributed by atoms with Crippen LogP contribution in [0.25, 0.3) is 0 Å². The van der Waals surface area contributed by atoms with Crippen LogP contribution in [0.3, 0.4) is 0 Å². The van der Waals surface area contributed by atoms with Gasteiger partial charge in [-0.1, -0.05) is 18.2 Å².